The number of nitrogens with zero attached hydrogens (tertiary/aromatic N) is 1. The number of nitrogens with one attached hydrogen (secondary N) is 1. The van der Waals surface area contributed by atoms with E-state index in [1.54, 1.807) is 6.92 Å². The fourth-order valence-corrected chi connectivity index (χ4v) is 5.28. The van der Waals surface area contributed by atoms with E-state index in [2.05, 4.69) is 5.32 Å². The maximum Gasteiger partial charge on any atom is 0.226 e. The van der Waals surface area contributed by atoms with E-state index in [-0.39, 0.29) is 41.0 Å². The van der Waals surface area contributed by atoms with Gasteiger partial charge >= 0.3 is 0 Å². The molecule has 1 N–H and O–H groups in total. The van der Waals surface area contributed by atoms with Crippen LogP contribution in [-0.2, 0) is 14.6 Å². The van der Waals surface area contributed by atoms with Crippen LogP contribution in [-0.4, -0.2) is 50.2 Å². The maximum atomic E-state index is 13.0. The molecular weight excluding hydrogens is 367 g/mol. The number of sulfone groups is 1. The standard InChI is InChI=1S/C17H23FN2O3S.ClH/c1-12(11-24(22,23)16-6-2-13(18)3-7-16)17(21)20-14-4-5-15(20)10-19-9-8-14;/h2-3,6-7,12,14-15,19H,4-5,8-11H2,1H3;1H. The summed E-state index contributed by atoms with van der Waals surface area (Å²) in [6, 6.07) is 5.14. The Kier molecular flexibility index (Phi) is 6.45. The first-order chi connectivity index (χ1) is 11.4. The quantitative estimate of drug-likeness (QED) is 0.798. The van der Waals surface area contributed by atoms with Crippen molar-refractivity contribution in [2.24, 2.45) is 5.92 Å². The second-order valence-corrected chi connectivity index (χ2v) is 8.79. The highest BCUT2D eigenvalue weighted by molar-refractivity contribution is 7.91. The number of carbonyl (C=O) groups is 1. The van der Waals surface area contributed by atoms with E-state index < -0.39 is 21.6 Å². The second kappa shape index (κ2) is 8.01. The molecule has 3 atom stereocenters. The molecule has 8 heteroatoms. The molecule has 1 amide bonds. The van der Waals surface area contributed by atoms with Crippen molar-refractivity contribution >= 4 is 28.2 Å². The van der Waals surface area contributed by atoms with Gasteiger partial charge in [-0.2, -0.15) is 0 Å². The molecule has 2 aliphatic rings. The molecule has 140 valence electrons. The van der Waals surface area contributed by atoms with Crippen molar-refractivity contribution in [2.45, 2.75) is 43.2 Å². The third-order valence-electron chi connectivity index (χ3n) is 4.97. The van der Waals surface area contributed by atoms with Gasteiger partial charge in [-0.1, -0.05) is 6.92 Å². The van der Waals surface area contributed by atoms with Gasteiger partial charge in [0.15, 0.2) is 9.84 Å². The Hall–Kier alpha value is -1.18. The zero-order valence-corrected chi connectivity index (χ0v) is 15.8. The Morgan fingerprint density at radius 2 is 1.88 bits per heavy atom. The molecule has 25 heavy (non-hydrogen) atoms. The second-order valence-electron chi connectivity index (χ2n) is 6.76. The van der Waals surface area contributed by atoms with E-state index >= 15 is 0 Å². The molecular formula is C17H24ClFN2O3S. The van der Waals surface area contributed by atoms with Crippen LogP contribution in [0.1, 0.15) is 26.2 Å². The van der Waals surface area contributed by atoms with Crippen LogP contribution >= 0.6 is 12.4 Å². The fourth-order valence-electron chi connectivity index (χ4n) is 3.74. The van der Waals surface area contributed by atoms with Crippen LogP contribution in [0.25, 0.3) is 0 Å². The third-order valence-corrected chi connectivity index (χ3v) is 6.90. The van der Waals surface area contributed by atoms with E-state index in [0.717, 1.165) is 44.5 Å². The normalized spacial score (nSPS) is 24.3. The summed E-state index contributed by atoms with van der Waals surface area (Å²) < 4.78 is 37.9. The number of carbonyl (C=O) groups excluding carboxylic acids is 1. The van der Waals surface area contributed by atoms with Gasteiger partial charge in [-0.25, -0.2) is 12.8 Å². The molecule has 5 nitrogen and oxygen atoms in total. The van der Waals surface area contributed by atoms with Gasteiger partial charge in [-0.3, -0.25) is 4.79 Å². The number of benzene rings is 1. The SMILES string of the molecule is CC(CS(=O)(=O)c1ccc(F)cc1)C(=O)N1C2CCNCC1CC2.Cl. The van der Waals surface area contributed by atoms with Crippen molar-refractivity contribution in [2.75, 3.05) is 18.8 Å². The van der Waals surface area contributed by atoms with Gasteiger partial charge in [0.1, 0.15) is 5.82 Å². The number of hydrogen-bond acceptors (Lipinski definition) is 4. The molecule has 3 rings (SSSR count). The van der Waals surface area contributed by atoms with Gasteiger partial charge < -0.3 is 10.2 Å². The smallest absolute Gasteiger partial charge is 0.226 e. The van der Waals surface area contributed by atoms with Crippen molar-refractivity contribution < 1.29 is 17.6 Å². The molecule has 2 bridgehead atoms. The van der Waals surface area contributed by atoms with E-state index in [1.807, 2.05) is 4.90 Å². The molecule has 3 unspecified atom stereocenters. The molecule has 0 aliphatic carbocycles. The number of halogens is 2. The van der Waals surface area contributed by atoms with Crippen LogP contribution in [0.3, 0.4) is 0 Å². The highest BCUT2D eigenvalue weighted by Gasteiger charge is 2.40. The van der Waals surface area contributed by atoms with E-state index in [9.17, 15) is 17.6 Å². The summed E-state index contributed by atoms with van der Waals surface area (Å²) in [6.07, 6.45) is 2.88. The monoisotopic (exact) mass is 390 g/mol. The van der Waals surface area contributed by atoms with Gasteiger partial charge in [0.05, 0.1) is 10.6 Å². The fraction of sp³-hybridized carbons (Fsp3) is 0.588. The summed E-state index contributed by atoms with van der Waals surface area (Å²) in [5, 5.41) is 3.33. The van der Waals surface area contributed by atoms with Crippen LogP contribution < -0.4 is 5.32 Å². The first-order valence-electron chi connectivity index (χ1n) is 8.39. The molecule has 0 aromatic heterocycles. The predicted molar refractivity (Wildman–Crippen MR) is 96.0 cm³/mol. The van der Waals surface area contributed by atoms with E-state index in [1.165, 1.54) is 12.1 Å². The minimum absolute atomic E-state index is 0. The van der Waals surface area contributed by atoms with Crippen LogP contribution in [0.4, 0.5) is 4.39 Å². The average molecular weight is 391 g/mol. The van der Waals surface area contributed by atoms with Crippen LogP contribution in [0.15, 0.2) is 29.2 Å². The van der Waals surface area contributed by atoms with E-state index in [0.29, 0.717) is 0 Å². The lowest BCUT2D eigenvalue weighted by atomic mass is 10.1. The van der Waals surface area contributed by atoms with Crippen LogP contribution in [0.2, 0.25) is 0 Å². The maximum absolute atomic E-state index is 13.0. The number of fused-ring (bicyclic) bond motifs is 2. The Morgan fingerprint density at radius 3 is 2.56 bits per heavy atom. The molecule has 2 heterocycles. The van der Waals surface area contributed by atoms with Crippen molar-refractivity contribution in [1.82, 2.24) is 10.2 Å². The Morgan fingerprint density at radius 1 is 1.24 bits per heavy atom. The number of rotatable bonds is 4. The van der Waals surface area contributed by atoms with Gasteiger partial charge in [-0.15, -0.1) is 12.4 Å². The molecule has 2 aliphatic heterocycles. The minimum Gasteiger partial charge on any atom is -0.335 e. The topological polar surface area (TPSA) is 66.5 Å². The molecule has 0 radical (unpaired) electrons. The number of hydrogen-bond donors (Lipinski definition) is 1. The summed E-state index contributed by atoms with van der Waals surface area (Å²) >= 11 is 0. The van der Waals surface area contributed by atoms with Gasteiger partial charge in [0.2, 0.25) is 5.91 Å². The number of amides is 1. The molecule has 2 saturated heterocycles. The summed E-state index contributed by atoms with van der Waals surface area (Å²) in [5.74, 6) is -1.43. The molecule has 1 aromatic rings. The van der Waals surface area contributed by atoms with Crippen molar-refractivity contribution in [1.29, 1.82) is 0 Å². The average Bonchev–Trinajstić information content (AvgIpc) is 2.79. The lowest BCUT2D eigenvalue weighted by Crippen LogP contribution is -2.46. The first kappa shape index (κ1) is 20.1. The van der Waals surface area contributed by atoms with Crippen molar-refractivity contribution in [3.63, 3.8) is 0 Å². The Bertz CT molecular complexity index is 697. The Balaban J connectivity index is 0.00000225. The summed E-state index contributed by atoms with van der Waals surface area (Å²) in [4.78, 5) is 14.8. The summed E-state index contributed by atoms with van der Waals surface area (Å²) in [7, 11) is -3.61. The molecule has 0 saturated carbocycles. The Labute approximate surface area is 154 Å². The van der Waals surface area contributed by atoms with Crippen LogP contribution in [0, 0.1) is 11.7 Å². The van der Waals surface area contributed by atoms with Crippen molar-refractivity contribution in [3.05, 3.63) is 30.1 Å². The van der Waals surface area contributed by atoms with Crippen LogP contribution in [0.5, 0.6) is 0 Å². The molecule has 0 spiro atoms. The van der Waals surface area contributed by atoms with Gasteiger partial charge in [-0.05, 0) is 50.1 Å². The minimum atomic E-state index is -3.61. The highest BCUT2D eigenvalue weighted by atomic mass is 35.5. The predicted octanol–water partition coefficient (Wildman–Crippen LogP) is 2.01. The molecule has 1 aromatic carbocycles. The summed E-state index contributed by atoms with van der Waals surface area (Å²) in [6.45, 7) is 3.34. The van der Waals surface area contributed by atoms with E-state index in [4.69, 9.17) is 0 Å². The zero-order chi connectivity index (χ0) is 17.3. The third kappa shape index (κ3) is 4.33. The highest BCUT2D eigenvalue weighted by Crippen LogP contribution is 2.30. The summed E-state index contributed by atoms with van der Waals surface area (Å²) in [5.41, 5.74) is 0. The molecule has 2 fully saturated rings. The van der Waals surface area contributed by atoms with Gasteiger partial charge in [0, 0.05) is 24.5 Å². The zero-order valence-electron chi connectivity index (χ0n) is 14.2. The lowest BCUT2D eigenvalue weighted by Gasteiger charge is -2.30. The van der Waals surface area contributed by atoms with Gasteiger partial charge in [0.25, 0.3) is 0 Å². The van der Waals surface area contributed by atoms with Crippen molar-refractivity contribution in [3.8, 4) is 0 Å². The lowest BCUT2D eigenvalue weighted by molar-refractivity contribution is -0.136. The first-order valence-corrected chi connectivity index (χ1v) is 10.0. The largest absolute Gasteiger partial charge is 0.335 e.